The lowest BCUT2D eigenvalue weighted by molar-refractivity contribution is -0.137. The van der Waals surface area contributed by atoms with Crippen LogP contribution in [0.2, 0.25) is 0 Å². The van der Waals surface area contributed by atoms with Crippen LogP contribution in [0.15, 0.2) is 6.07 Å². The largest absolute Gasteiger partial charge is 0.418 e. The minimum atomic E-state index is -4.31. The standard InChI is InChI=1S/C21H30F3NO/c1-3-15-6-4-7-16-14-17-8-5-11-25(12-13-26-2)20(17)19(21(22,23)24)18(16)10-9-15/h14-15H,3-13H2,1-2H3. The molecule has 1 aliphatic carbocycles. The Morgan fingerprint density at radius 2 is 1.88 bits per heavy atom. The average molecular weight is 369 g/mol. The highest BCUT2D eigenvalue weighted by Gasteiger charge is 2.40. The number of alkyl halides is 3. The summed E-state index contributed by atoms with van der Waals surface area (Å²) in [4.78, 5) is 1.90. The average Bonchev–Trinajstić information content (AvgIpc) is 2.58. The van der Waals surface area contributed by atoms with Gasteiger partial charge in [0.25, 0.3) is 0 Å². The van der Waals surface area contributed by atoms with E-state index < -0.39 is 6.18 Å². The van der Waals surface area contributed by atoms with Gasteiger partial charge in [-0.15, -0.1) is 0 Å². The first-order valence-electron chi connectivity index (χ1n) is 9.94. The van der Waals surface area contributed by atoms with Gasteiger partial charge in [0.05, 0.1) is 17.9 Å². The molecule has 2 nitrogen and oxygen atoms in total. The summed E-state index contributed by atoms with van der Waals surface area (Å²) in [7, 11) is 1.60. The van der Waals surface area contributed by atoms with Crippen LogP contribution in [0.1, 0.15) is 61.3 Å². The van der Waals surface area contributed by atoms with Crippen molar-refractivity contribution in [1.29, 1.82) is 0 Å². The van der Waals surface area contributed by atoms with Crippen molar-refractivity contribution in [1.82, 2.24) is 0 Å². The van der Waals surface area contributed by atoms with E-state index >= 15 is 0 Å². The zero-order valence-corrected chi connectivity index (χ0v) is 15.9. The number of fused-ring (bicyclic) bond motifs is 2. The van der Waals surface area contributed by atoms with Crippen LogP contribution < -0.4 is 4.90 Å². The molecule has 0 fully saturated rings. The number of benzene rings is 1. The summed E-state index contributed by atoms with van der Waals surface area (Å²) in [6, 6.07) is 2.09. The van der Waals surface area contributed by atoms with E-state index in [2.05, 4.69) is 13.0 Å². The van der Waals surface area contributed by atoms with Crippen LogP contribution in [0.5, 0.6) is 0 Å². The number of methoxy groups -OCH3 is 1. The van der Waals surface area contributed by atoms with Crippen LogP contribution in [-0.2, 0) is 30.2 Å². The van der Waals surface area contributed by atoms with Gasteiger partial charge in [0, 0.05) is 20.2 Å². The molecule has 0 N–H and O–H groups in total. The smallest absolute Gasteiger partial charge is 0.383 e. The van der Waals surface area contributed by atoms with Gasteiger partial charge in [0.2, 0.25) is 0 Å². The maximum Gasteiger partial charge on any atom is 0.418 e. The fraction of sp³-hybridized carbons (Fsp3) is 0.714. The predicted octanol–water partition coefficient (Wildman–Crippen LogP) is 5.40. The van der Waals surface area contributed by atoms with Crippen LogP contribution in [-0.4, -0.2) is 26.8 Å². The highest BCUT2D eigenvalue weighted by molar-refractivity contribution is 5.67. The molecule has 1 aromatic carbocycles. The Kier molecular flexibility index (Phi) is 6.16. The Hall–Kier alpha value is -1.23. The SMILES string of the molecule is CCC1CCCc2cc3c(c(C(F)(F)F)c2CC1)N(CCOC)CCC3. The first kappa shape index (κ1) is 19.5. The molecule has 1 aliphatic heterocycles. The third kappa shape index (κ3) is 4.03. The Balaban J connectivity index is 2.11. The third-order valence-corrected chi connectivity index (χ3v) is 6.06. The number of halogens is 3. The first-order valence-corrected chi connectivity index (χ1v) is 9.94. The molecular weight excluding hydrogens is 339 g/mol. The van der Waals surface area contributed by atoms with Gasteiger partial charge >= 0.3 is 6.18 Å². The maximum absolute atomic E-state index is 14.2. The lowest BCUT2D eigenvalue weighted by Crippen LogP contribution is -2.35. The van der Waals surface area contributed by atoms with Gasteiger partial charge < -0.3 is 9.64 Å². The molecule has 3 rings (SSSR count). The number of nitrogens with zero attached hydrogens (tertiary/aromatic N) is 1. The first-order chi connectivity index (χ1) is 12.5. The fourth-order valence-electron chi connectivity index (χ4n) is 4.68. The van der Waals surface area contributed by atoms with Crippen LogP contribution in [0.25, 0.3) is 0 Å². The number of aryl methyl sites for hydroxylation is 2. The van der Waals surface area contributed by atoms with Crippen molar-refractivity contribution < 1.29 is 17.9 Å². The van der Waals surface area contributed by atoms with Gasteiger partial charge in [-0.3, -0.25) is 0 Å². The van der Waals surface area contributed by atoms with Crippen molar-refractivity contribution in [3.63, 3.8) is 0 Å². The van der Waals surface area contributed by atoms with Crippen LogP contribution in [0.3, 0.4) is 0 Å². The second-order valence-electron chi connectivity index (χ2n) is 7.68. The molecule has 0 aromatic heterocycles. The summed E-state index contributed by atoms with van der Waals surface area (Å²) in [5.41, 5.74) is 2.48. The number of hydrogen-bond donors (Lipinski definition) is 0. The van der Waals surface area contributed by atoms with E-state index in [1.54, 1.807) is 7.11 Å². The number of rotatable bonds is 4. The molecule has 5 heteroatoms. The molecule has 0 saturated heterocycles. The number of anilines is 1. The predicted molar refractivity (Wildman–Crippen MR) is 98.9 cm³/mol. The van der Waals surface area contributed by atoms with Crippen LogP contribution >= 0.6 is 0 Å². The molecule has 0 spiro atoms. The van der Waals surface area contributed by atoms with Crippen LogP contribution in [0, 0.1) is 5.92 Å². The van der Waals surface area contributed by atoms with E-state index in [0.717, 1.165) is 56.1 Å². The van der Waals surface area contributed by atoms with Crippen molar-refractivity contribution in [3.05, 3.63) is 28.3 Å². The minimum absolute atomic E-state index is 0.349. The van der Waals surface area contributed by atoms with Gasteiger partial charge in [-0.25, -0.2) is 0 Å². The van der Waals surface area contributed by atoms with E-state index in [9.17, 15) is 13.2 Å². The maximum atomic E-state index is 14.2. The molecule has 1 aromatic rings. The molecule has 0 radical (unpaired) electrons. The van der Waals surface area contributed by atoms with Gasteiger partial charge in [-0.1, -0.05) is 25.8 Å². The molecule has 0 saturated carbocycles. The van der Waals surface area contributed by atoms with E-state index in [-0.39, 0.29) is 5.56 Å². The Labute approximate surface area is 154 Å². The van der Waals surface area contributed by atoms with Crippen molar-refractivity contribution >= 4 is 5.69 Å². The molecule has 146 valence electrons. The highest BCUT2D eigenvalue weighted by Crippen LogP contribution is 2.46. The van der Waals surface area contributed by atoms with E-state index in [1.807, 2.05) is 4.90 Å². The van der Waals surface area contributed by atoms with Crippen molar-refractivity contribution in [2.75, 3.05) is 31.7 Å². The lowest BCUT2D eigenvalue weighted by atomic mass is 9.81. The summed E-state index contributed by atoms with van der Waals surface area (Å²) in [6.07, 6.45) is 2.72. The molecule has 1 heterocycles. The third-order valence-electron chi connectivity index (χ3n) is 6.06. The summed E-state index contributed by atoms with van der Waals surface area (Å²) < 4.78 is 47.8. The Morgan fingerprint density at radius 1 is 1.12 bits per heavy atom. The van der Waals surface area contributed by atoms with E-state index in [0.29, 0.717) is 43.3 Å². The Bertz CT molecular complexity index is 627. The quantitative estimate of drug-likeness (QED) is 0.705. The topological polar surface area (TPSA) is 12.5 Å². The molecule has 0 bridgehead atoms. The molecule has 26 heavy (non-hydrogen) atoms. The van der Waals surface area contributed by atoms with Gasteiger partial charge in [0.15, 0.2) is 0 Å². The highest BCUT2D eigenvalue weighted by atomic mass is 19.4. The normalized spacial score (nSPS) is 21.0. The van der Waals surface area contributed by atoms with Gasteiger partial charge in [-0.05, 0) is 61.1 Å². The fourth-order valence-corrected chi connectivity index (χ4v) is 4.68. The summed E-state index contributed by atoms with van der Waals surface area (Å²) in [5.74, 6) is 0.546. The van der Waals surface area contributed by atoms with Crippen molar-refractivity contribution in [3.8, 4) is 0 Å². The Morgan fingerprint density at radius 3 is 2.58 bits per heavy atom. The summed E-state index contributed by atoms with van der Waals surface area (Å²) in [6.45, 7) is 3.79. The zero-order valence-electron chi connectivity index (χ0n) is 15.9. The van der Waals surface area contributed by atoms with Gasteiger partial charge in [-0.2, -0.15) is 13.2 Å². The van der Waals surface area contributed by atoms with Crippen molar-refractivity contribution in [2.45, 2.75) is 64.5 Å². The second kappa shape index (κ2) is 8.20. The van der Waals surface area contributed by atoms with Gasteiger partial charge in [0.1, 0.15) is 0 Å². The monoisotopic (exact) mass is 369 g/mol. The van der Waals surface area contributed by atoms with Crippen molar-refractivity contribution in [2.24, 2.45) is 5.92 Å². The zero-order chi connectivity index (χ0) is 18.7. The van der Waals surface area contributed by atoms with E-state index in [4.69, 9.17) is 4.74 Å². The second-order valence-corrected chi connectivity index (χ2v) is 7.68. The van der Waals surface area contributed by atoms with E-state index in [1.165, 1.54) is 0 Å². The molecule has 2 aliphatic rings. The minimum Gasteiger partial charge on any atom is -0.383 e. The number of ether oxygens (including phenoxy) is 1. The summed E-state index contributed by atoms with van der Waals surface area (Å²) in [5, 5.41) is 0. The van der Waals surface area contributed by atoms with Crippen LogP contribution in [0.4, 0.5) is 18.9 Å². The molecular formula is C21H30F3NO. The molecule has 0 amide bonds. The molecule has 1 atom stereocenters. The lowest BCUT2D eigenvalue weighted by Gasteiger charge is -2.36. The molecule has 1 unspecified atom stereocenters. The number of hydrogen-bond acceptors (Lipinski definition) is 2. The summed E-state index contributed by atoms with van der Waals surface area (Å²) >= 11 is 0.